The molecule has 8 nitrogen and oxygen atoms in total. The van der Waals surface area contributed by atoms with Crippen LogP contribution in [0.1, 0.15) is 90.9 Å². The number of aliphatic hydroxyl groups excluding tert-OH is 1. The van der Waals surface area contributed by atoms with Gasteiger partial charge in [-0.25, -0.2) is 0 Å². The maximum atomic E-state index is 12.5. The number of hydrogen-bond acceptors (Lipinski definition) is 6. The minimum absolute atomic E-state index is 0.00638. The van der Waals surface area contributed by atoms with Gasteiger partial charge in [-0.1, -0.05) is 83.1 Å². The third-order valence-corrected chi connectivity index (χ3v) is 6.61. The van der Waals surface area contributed by atoms with Crippen LogP contribution in [0.15, 0.2) is 24.3 Å². The number of hydrogen-bond donors (Lipinski definition) is 2. The van der Waals surface area contributed by atoms with Gasteiger partial charge in [0.15, 0.2) is 0 Å². The topological polar surface area (TPSA) is 108 Å². The summed E-state index contributed by atoms with van der Waals surface area (Å²) in [5, 5.41) is 13.4. The van der Waals surface area contributed by atoms with Crippen molar-refractivity contribution < 1.29 is 32.9 Å². The Kier molecular flexibility index (Phi) is 20.4. The molecule has 212 valence electrons. The summed E-state index contributed by atoms with van der Waals surface area (Å²) in [6.45, 7) is 4.40. The van der Waals surface area contributed by atoms with Crippen molar-refractivity contribution in [2.45, 2.75) is 103 Å². The van der Waals surface area contributed by atoms with Gasteiger partial charge in [-0.15, -0.1) is 0 Å². The van der Waals surface area contributed by atoms with E-state index in [1.807, 2.05) is 27.2 Å². The highest BCUT2D eigenvalue weighted by Gasteiger charge is 2.23. The molecule has 0 spiro atoms. The molecule has 3 unspecified atom stereocenters. The van der Waals surface area contributed by atoms with Gasteiger partial charge in [-0.2, -0.15) is 0 Å². The fourth-order valence-electron chi connectivity index (χ4n) is 3.35. The molecular formula is C27H53N2O6P. The zero-order valence-corrected chi connectivity index (χ0v) is 24.3. The van der Waals surface area contributed by atoms with Crippen molar-refractivity contribution in [2.75, 3.05) is 40.9 Å². The first-order chi connectivity index (χ1) is 17.0. The van der Waals surface area contributed by atoms with Gasteiger partial charge in [-0.05, 0) is 25.7 Å². The second-order valence-electron chi connectivity index (χ2n) is 10.4. The maximum absolute atomic E-state index is 12.5. The fourth-order valence-corrected chi connectivity index (χ4v) is 4.07. The number of unbranched alkanes of at least 4 members (excludes halogenated alkanes) is 8. The van der Waals surface area contributed by atoms with Crippen LogP contribution in [0.5, 0.6) is 0 Å². The summed E-state index contributed by atoms with van der Waals surface area (Å²) in [6.07, 6.45) is 18.3. The Morgan fingerprint density at radius 1 is 0.944 bits per heavy atom. The lowest BCUT2D eigenvalue weighted by Gasteiger charge is -2.29. The molecule has 0 aromatic rings. The van der Waals surface area contributed by atoms with E-state index in [-0.39, 0.29) is 12.5 Å². The lowest BCUT2D eigenvalue weighted by atomic mass is 10.1. The van der Waals surface area contributed by atoms with Gasteiger partial charge in [0, 0.05) is 6.42 Å². The summed E-state index contributed by atoms with van der Waals surface area (Å²) in [4.78, 5) is 24.7. The second kappa shape index (κ2) is 21.0. The third kappa shape index (κ3) is 22.2. The minimum atomic E-state index is -4.56. The molecule has 0 aromatic carbocycles. The number of amides is 1. The first-order valence-electron chi connectivity index (χ1n) is 13.7. The number of quaternary nitrogens is 1. The van der Waals surface area contributed by atoms with Crippen molar-refractivity contribution in [1.29, 1.82) is 0 Å². The Hall–Kier alpha value is -1.02. The van der Waals surface area contributed by atoms with Crippen LogP contribution < -0.4 is 10.2 Å². The summed E-state index contributed by atoms with van der Waals surface area (Å²) in [5.41, 5.74) is 0. The van der Waals surface area contributed by atoms with Gasteiger partial charge >= 0.3 is 0 Å². The number of nitrogens with one attached hydrogen (secondary N) is 1. The molecule has 36 heavy (non-hydrogen) atoms. The van der Waals surface area contributed by atoms with E-state index in [0.717, 1.165) is 44.9 Å². The SMILES string of the molecule is CCC/C=C/CC/C=C/C(O)C(COP(=O)([O-])OCC[N+](C)(C)C)NC(=O)CCCCCCCCC. The largest absolute Gasteiger partial charge is 0.756 e. The Balaban J connectivity index is 4.79. The predicted molar refractivity (Wildman–Crippen MR) is 145 cm³/mol. The molecule has 0 fully saturated rings. The summed E-state index contributed by atoms with van der Waals surface area (Å²) >= 11 is 0. The quantitative estimate of drug-likeness (QED) is 0.0841. The maximum Gasteiger partial charge on any atom is 0.268 e. The molecule has 0 aliphatic carbocycles. The molecule has 0 heterocycles. The molecule has 0 aromatic heterocycles. The zero-order valence-electron chi connectivity index (χ0n) is 23.5. The Bertz CT molecular complexity index is 663. The van der Waals surface area contributed by atoms with E-state index in [1.165, 1.54) is 25.7 Å². The monoisotopic (exact) mass is 532 g/mol. The predicted octanol–water partition coefficient (Wildman–Crippen LogP) is 4.87. The van der Waals surface area contributed by atoms with Gasteiger partial charge in [0.2, 0.25) is 5.91 Å². The van der Waals surface area contributed by atoms with Crippen LogP contribution >= 0.6 is 7.82 Å². The molecule has 1 amide bonds. The van der Waals surface area contributed by atoms with E-state index in [2.05, 4.69) is 31.3 Å². The van der Waals surface area contributed by atoms with E-state index in [1.54, 1.807) is 6.08 Å². The van der Waals surface area contributed by atoms with Crippen LogP contribution in [-0.4, -0.2) is 68.5 Å². The summed E-state index contributed by atoms with van der Waals surface area (Å²) < 4.78 is 22.7. The zero-order chi connectivity index (χ0) is 27.3. The van der Waals surface area contributed by atoms with Crippen LogP contribution in [0.25, 0.3) is 0 Å². The van der Waals surface area contributed by atoms with Gasteiger partial charge in [0.1, 0.15) is 13.2 Å². The minimum Gasteiger partial charge on any atom is -0.756 e. The lowest BCUT2D eigenvalue weighted by Crippen LogP contribution is -2.45. The normalized spacial score (nSPS) is 15.9. The number of likely N-dealkylation sites (N-methyl/N-ethyl adjacent to an activating group) is 1. The number of carbonyl (C=O) groups excluding carboxylic acids is 1. The second-order valence-corrected chi connectivity index (χ2v) is 11.8. The van der Waals surface area contributed by atoms with E-state index in [4.69, 9.17) is 9.05 Å². The van der Waals surface area contributed by atoms with E-state index in [0.29, 0.717) is 17.4 Å². The fraction of sp³-hybridized carbons (Fsp3) is 0.815. The number of rotatable bonds is 23. The number of phosphoric acid groups is 1. The van der Waals surface area contributed by atoms with Crippen LogP contribution in [0, 0.1) is 0 Å². The van der Waals surface area contributed by atoms with Gasteiger partial charge in [-0.3, -0.25) is 9.36 Å². The average molecular weight is 533 g/mol. The molecule has 0 aliphatic rings. The van der Waals surface area contributed by atoms with Gasteiger partial charge in [0.05, 0.1) is 39.9 Å². The average Bonchev–Trinajstić information content (AvgIpc) is 2.79. The molecular weight excluding hydrogens is 479 g/mol. The highest BCUT2D eigenvalue weighted by molar-refractivity contribution is 7.45. The molecule has 0 saturated heterocycles. The van der Waals surface area contributed by atoms with Gasteiger partial charge in [0.25, 0.3) is 7.82 Å². The third-order valence-electron chi connectivity index (χ3n) is 5.65. The Labute approximate surface area is 220 Å². The van der Waals surface area contributed by atoms with Crippen molar-refractivity contribution in [2.24, 2.45) is 0 Å². The lowest BCUT2D eigenvalue weighted by molar-refractivity contribution is -0.870. The van der Waals surface area contributed by atoms with Crippen LogP contribution in [0.2, 0.25) is 0 Å². The van der Waals surface area contributed by atoms with Crippen LogP contribution in [-0.2, 0) is 18.4 Å². The summed E-state index contributed by atoms with van der Waals surface area (Å²) in [5.74, 6) is -0.223. The number of allylic oxidation sites excluding steroid dienone is 3. The highest BCUT2D eigenvalue weighted by atomic mass is 31.2. The Morgan fingerprint density at radius 2 is 1.56 bits per heavy atom. The molecule has 0 rings (SSSR count). The van der Waals surface area contributed by atoms with Crippen molar-refractivity contribution >= 4 is 13.7 Å². The molecule has 0 aliphatic heterocycles. The molecule has 0 bridgehead atoms. The van der Waals surface area contributed by atoms with Crippen molar-refractivity contribution in [3.63, 3.8) is 0 Å². The van der Waals surface area contributed by atoms with Crippen molar-refractivity contribution in [3.05, 3.63) is 24.3 Å². The van der Waals surface area contributed by atoms with Crippen molar-refractivity contribution in [1.82, 2.24) is 5.32 Å². The number of carbonyl (C=O) groups is 1. The molecule has 2 N–H and O–H groups in total. The first kappa shape index (κ1) is 35.0. The molecule has 9 heteroatoms. The summed E-state index contributed by atoms with van der Waals surface area (Å²) in [7, 11) is 1.23. The number of nitrogens with zero attached hydrogens (tertiary/aromatic N) is 1. The first-order valence-corrected chi connectivity index (χ1v) is 15.2. The van der Waals surface area contributed by atoms with Gasteiger partial charge < -0.3 is 28.8 Å². The highest BCUT2D eigenvalue weighted by Crippen LogP contribution is 2.38. The number of aliphatic hydroxyl groups is 1. The Morgan fingerprint density at radius 3 is 2.19 bits per heavy atom. The van der Waals surface area contributed by atoms with E-state index in [9.17, 15) is 19.4 Å². The molecule has 0 radical (unpaired) electrons. The summed E-state index contributed by atoms with van der Waals surface area (Å²) in [6, 6.07) is -0.891. The van der Waals surface area contributed by atoms with Crippen LogP contribution in [0.4, 0.5) is 0 Å². The van der Waals surface area contributed by atoms with E-state index < -0.39 is 26.6 Å². The molecule has 3 atom stereocenters. The van der Waals surface area contributed by atoms with E-state index >= 15 is 0 Å². The smallest absolute Gasteiger partial charge is 0.268 e. The number of phosphoric ester groups is 1. The molecule has 0 saturated carbocycles. The van der Waals surface area contributed by atoms with Crippen LogP contribution in [0.3, 0.4) is 0 Å². The van der Waals surface area contributed by atoms with Crippen molar-refractivity contribution in [3.8, 4) is 0 Å². The standard InChI is InChI=1S/C27H53N2O6P/c1-6-8-10-12-14-16-18-20-26(30)25(24-35-36(32,33)34-23-22-29(3,4)5)28-27(31)21-19-17-15-13-11-9-7-2/h10,12,18,20,25-26,30H,6-9,11,13-17,19,21-24H2,1-5H3,(H-,28,31,32,33)/b12-10+,20-18+.